The van der Waals surface area contributed by atoms with E-state index in [4.69, 9.17) is 9.84 Å². The molecule has 0 unspecified atom stereocenters. The zero-order chi connectivity index (χ0) is 12.4. The highest BCUT2D eigenvalue weighted by atomic mass is 16.5. The molecule has 2 rings (SSSR count). The molecular weight excluding hydrogens is 220 g/mol. The van der Waals surface area contributed by atoms with Gasteiger partial charge in [-0.25, -0.2) is 9.78 Å². The number of ether oxygens (including phenoxy) is 1. The number of aromatic carboxylic acids is 1. The smallest absolute Gasteiger partial charge is 0.354 e. The SMILES string of the molecule is Cc1ccc(Oc2ncc(C(=O)O)n2C)cc1. The number of rotatable bonds is 3. The first-order chi connectivity index (χ1) is 8.08. The molecular formula is C12H12N2O3. The van der Waals surface area contributed by atoms with Gasteiger partial charge in [0.2, 0.25) is 0 Å². The fourth-order valence-electron chi connectivity index (χ4n) is 1.40. The first kappa shape index (κ1) is 11.2. The zero-order valence-corrected chi connectivity index (χ0v) is 9.54. The van der Waals surface area contributed by atoms with Gasteiger partial charge in [-0.3, -0.25) is 4.57 Å². The molecule has 17 heavy (non-hydrogen) atoms. The van der Waals surface area contributed by atoms with Gasteiger partial charge in [-0.2, -0.15) is 0 Å². The van der Waals surface area contributed by atoms with E-state index in [-0.39, 0.29) is 11.7 Å². The monoisotopic (exact) mass is 232 g/mol. The number of aryl methyl sites for hydroxylation is 1. The van der Waals surface area contributed by atoms with E-state index in [1.54, 1.807) is 7.05 Å². The van der Waals surface area contributed by atoms with Crippen molar-refractivity contribution < 1.29 is 14.6 Å². The van der Waals surface area contributed by atoms with Crippen molar-refractivity contribution in [1.82, 2.24) is 9.55 Å². The van der Waals surface area contributed by atoms with E-state index >= 15 is 0 Å². The van der Waals surface area contributed by atoms with Crippen LogP contribution in [0.3, 0.4) is 0 Å². The lowest BCUT2D eigenvalue weighted by molar-refractivity contribution is 0.0685. The van der Waals surface area contributed by atoms with Crippen molar-refractivity contribution in [3.05, 3.63) is 41.7 Å². The Hall–Kier alpha value is -2.30. The summed E-state index contributed by atoms with van der Waals surface area (Å²) in [6, 6.07) is 7.70. The van der Waals surface area contributed by atoms with E-state index in [1.165, 1.54) is 10.8 Å². The summed E-state index contributed by atoms with van der Waals surface area (Å²) in [5.74, 6) is -0.403. The number of hydrogen-bond donors (Lipinski definition) is 1. The fraction of sp³-hybridized carbons (Fsp3) is 0.167. The third-order valence-corrected chi connectivity index (χ3v) is 2.39. The third-order valence-electron chi connectivity index (χ3n) is 2.39. The summed E-state index contributed by atoms with van der Waals surface area (Å²) in [4.78, 5) is 14.7. The average molecular weight is 232 g/mol. The first-order valence-electron chi connectivity index (χ1n) is 5.07. The number of carbonyl (C=O) groups is 1. The molecule has 0 aliphatic rings. The summed E-state index contributed by atoms with van der Waals surface area (Å²) >= 11 is 0. The van der Waals surface area contributed by atoms with Crippen molar-refractivity contribution >= 4 is 5.97 Å². The summed E-state index contributed by atoms with van der Waals surface area (Å²) in [5.41, 5.74) is 1.22. The molecule has 0 amide bonds. The van der Waals surface area contributed by atoms with E-state index < -0.39 is 5.97 Å². The number of aromatic nitrogens is 2. The van der Waals surface area contributed by atoms with Crippen LogP contribution in [0, 0.1) is 6.92 Å². The quantitative estimate of drug-likeness (QED) is 0.881. The van der Waals surface area contributed by atoms with Gasteiger partial charge in [0.1, 0.15) is 11.4 Å². The molecule has 5 nitrogen and oxygen atoms in total. The molecule has 0 spiro atoms. The van der Waals surface area contributed by atoms with Gasteiger partial charge in [-0.15, -0.1) is 0 Å². The Balaban J connectivity index is 2.24. The van der Waals surface area contributed by atoms with Crippen LogP contribution in [-0.2, 0) is 7.05 Å². The highest BCUT2D eigenvalue weighted by Gasteiger charge is 2.13. The number of benzene rings is 1. The molecule has 1 N–H and O–H groups in total. The number of carboxylic acid groups (broad SMARTS) is 1. The molecule has 0 aliphatic carbocycles. The minimum atomic E-state index is -1.03. The van der Waals surface area contributed by atoms with Gasteiger partial charge < -0.3 is 9.84 Å². The van der Waals surface area contributed by atoms with Crippen LogP contribution in [0.15, 0.2) is 30.5 Å². The van der Waals surface area contributed by atoms with Crippen LogP contribution in [0.4, 0.5) is 0 Å². The van der Waals surface area contributed by atoms with Crippen LogP contribution in [-0.4, -0.2) is 20.6 Å². The lowest BCUT2D eigenvalue weighted by atomic mass is 10.2. The highest BCUT2D eigenvalue weighted by Crippen LogP contribution is 2.20. The normalized spacial score (nSPS) is 10.2. The van der Waals surface area contributed by atoms with Crippen molar-refractivity contribution in [2.75, 3.05) is 0 Å². The van der Waals surface area contributed by atoms with Crippen LogP contribution in [0.2, 0.25) is 0 Å². The maximum absolute atomic E-state index is 10.8. The standard InChI is InChI=1S/C12H12N2O3/c1-8-3-5-9(6-4-8)17-12-13-7-10(11(15)16)14(12)2/h3-7H,1-2H3,(H,15,16). The van der Waals surface area contributed by atoms with Crippen molar-refractivity contribution in [3.63, 3.8) is 0 Å². The number of imidazole rings is 1. The Bertz CT molecular complexity index is 543. The Morgan fingerprint density at radius 1 is 1.35 bits per heavy atom. The zero-order valence-electron chi connectivity index (χ0n) is 9.54. The predicted octanol–water partition coefficient (Wildman–Crippen LogP) is 2.22. The minimum absolute atomic E-state index is 0.0899. The second-order valence-electron chi connectivity index (χ2n) is 3.71. The third kappa shape index (κ3) is 2.28. The van der Waals surface area contributed by atoms with Crippen molar-refractivity contribution in [1.29, 1.82) is 0 Å². The van der Waals surface area contributed by atoms with E-state index in [1.807, 2.05) is 31.2 Å². The fourth-order valence-corrected chi connectivity index (χ4v) is 1.40. The lowest BCUT2D eigenvalue weighted by Crippen LogP contribution is -2.05. The molecule has 1 aromatic heterocycles. The van der Waals surface area contributed by atoms with Gasteiger partial charge in [-0.1, -0.05) is 17.7 Å². The van der Waals surface area contributed by atoms with Gasteiger partial charge in [0.25, 0.3) is 0 Å². The number of nitrogens with zero attached hydrogens (tertiary/aromatic N) is 2. The summed E-state index contributed by atoms with van der Waals surface area (Å²) < 4.78 is 6.87. The maximum Gasteiger partial charge on any atom is 0.354 e. The second-order valence-corrected chi connectivity index (χ2v) is 3.71. The Labute approximate surface area is 98.3 Å². The van der Waals surface area contributed by atoms with Crippen molar-refractivity contribution in [2.45, 2.75) is 6.92 Å². The molecule has 5 heteroatoms. The highest BCUT2D eigenvalue weighted by molar-refractivity contribution is 5.85. The van der Waals surface area contributed by atoms with Gasteiger partial charge in [-0.05, 0) is 19.1 Å². The van der Waals surface area contributed by atoms with Gasteiger partial charge in [0, 0.05) is 7.05 Å². The molecule has 1 heterocycles. The molecule has 0 saturated carbocycles. The Kier molecular flexibility index (Phi) is 2.82. The molecule has 0 atom stereocenters. The number of hydrogen-bond acceptors (Lipinski definition) is 3. The second kappa shape index (κ2) is 4.29. The average Bonchev–Trinajstić information content (AvgIpc) is 2.64. The molecule has 0 saturated heterocycles. The lowest BCUT2D eigenvalue weighted by Gasteiger charge is -2.05. The van der Waals surface area contributed by atoms with Crippen LogP contribution in [0.5, 0.6) is 11.8 Å². The summed E-state index contributed by atoms with van der Waals surface area (Å²) in [6.07, 6.45) is 1.27. The summed E-state index contributed by atoms with van der Waals surface area (Å²) in [6.45, 7) is 1.98. The van der Waals surface area contributed by atoms with Crippen LogP contribution >= 0.6 is 0 Å². The predicted molar refractivity (Wildman–Crippen MR) is 61.4 cm³/mol. The molecule has 2 aromatic rings. The van der Waals surface area contributed by atoms with Gasteiger partial charge in [0.05, 0.1) is 6.20 Å². The van der Waals surface area contributed by atoms with E-state index in [0.717, 1.165) is 5.56 Å². The van der Waals surface area contributed by atoms with Crippen LogP contribution in [0.25, 0.3) is 0 Å². The molecule has 0 fully saturated rings. The topological polar surface area (TPSA) is 64.3 Å². The minimum Gasteiger partial charge on any atom is -0.477 e. The van der Waals surface area contributed by atoms with E-state index in [0.29, 0.717) is 5.75 Å². The molecule has 88 valence electrons. The van der Waals surface area contributed by atoms with E-state index in [9.17, 15) is 4.79 Å². The molecule has 1 aromatic carbocycles. The van der Waals surface area contributed by atoms with Crippen molar-refractivity contribution in [3.8, 4) is 11.8 Å². The van der Waals surface area contributed by atoms with Gasteiger partial charge >= 0.3 is 12.0 Å². The Morgan fingerprint density at radius 2 is 2.00 bits per heavy atom. The molecule has 0 bridgehead atoms. The first-order valence-corrected chi connectivity index (χ1v) is 5.07. The molecule has 0 aliphatic heterocycles. The van der Waals surface area contributed by atoms with E-state index in [2.05, 4.69) is 4.98 Å². The molecule has 0 radical (unpaired) electrons. The van der Waals surface area contributed by atoms with Crippen LogP contribution < -0.4 is 4.74 Å². The summed E-state index contributed by atoms with van der Waals surface area (Å²) in [7, 11) is 1.60. The maximum atomic E-state index is 10.8. The van der Waals surface area contributed by atoms with Crippen molar-refractivity contribution in [2.24, 2.45) is 7.05 Å². The number of carboxylic acids is 1. The Morgan fingerprint density at radius 3 is 2.53 bits per heavy atom. The summed E-state index contributed by atoms with van der Waals surface area (Å²) in [5, 5.41) is 8.87. The van der Waals surface area contributed by atoms with Gasteiger partial charge in [0.15, 0.2) is 0 Å². The van der Waals surface area contributed by atoms with Crippen LogP contribution in [0.1, 0.15) is 16.1 Å². The largest absolute Gasteiger partial charge is 0.477 e.